The highest BCUT2D eigenvalue weighted by atomic mass is 35.5. The van der Waals surface area contributed by atoms with Crippen molar-refractivity contribution in [2.45, 2.75) is 19.8 Å². The van der Waals surface area contributed by atoms with E-state index in [1.54, 1.807) is 34.9 Å². The van der Waals surface area contributed by atoms with Crippen LogP contribution >= 0.6 is 23.2 Å². The quantitative estimate of drug-likeness (QED) is 0.391. The predicted molar refractivity (Wildman–Crippen MR) is 138 cm³/mol. The Balaban J connectivity index is 1.76. The lowest BCUT2D eigenvalue weighted by atomic mass is 9.80. The van der Waals surface area contributed by atoms with E-state index in [0.29, 0.717) is 70.0 Å². The Morgan fingerprint density at radius 2 is 1.67 bits per heavy atom. The molecule has 2 aromatic heterocycles. The molecule has 0 saturated carbocycles. The number of benzene rings is 2. The fraction of sp³-hybridized carbons (Fsp3) is 0.240. The van der Waals surface area contributed by atoms with Crippen molar-refractivity contribution >= 4 is 52.1 Å². The second-order valence-electron chi connectivity index (χ2n) is 8.99. The molecule has 11 heteroatoms. The molecule has 1 saturated heterocycles. The maximum atomic E-state index is 12.0. The number of carbonyl (C=O) groups excluding carboxylic acids is 1. The number of nitrogens with zero attached hydrogens (tertiary/aromatic N) is 5. The normalized spacial score (nSPS) is 15.2. The number of rotatable bonds is 5. The molecule has 4 aromatic rings. The average molecular weight is 525 g/mol. The molecule has 0 bridgehead atoms. The summed E-state index contributed by atoms with van der Waals surface area (Å²) in [6.07, 6.45) is 1.01. The van der Waals surface area contributed by atoms with Gasteiger partial charge in [-0.25, -0.2) is 19.7 Å². The van der Waals surface area contributed by atoms with Crippen molar-refractivity contribution in [2.75, 3.05) is 18.0 Å². The zero-order chi connectivity index (χ0) is 25.6. The van der Waals surface area contributed by atoms with Gasteiger partial charge in [0, 0.05) is 34.8 Å². The number of primary amides is 1. The molecule has 3 N–H and O–H groups in total. The lowest BCUT2D eigenvalue weighted by Gasteiger charge is -2.37. The average Bonchev–Trinajstić information content (AvgIpc) is 3.24. The minimum absolute atomic E-state index is 0.317. The molecular formula is C25H22Cl2N6O3. The summed E-state index contributed by atoms with van der Waals surface area (Å²) in [5, 5.41) is 10.8. The fourth-order valence-corrected chi connectivity index (χ4v) is 4.72. The van der Waals surface area contributed by atoms with Gasteiger partial charge < -0.3 is 15.7 Å². The van der Waals surface area contributed by atoms with Gasteiger partial charge in [-0.2, -0.15) is 0 Å². The van der Waals surface area contributed by atoms with Crippen LogP contribution in [-0.4, -0.2) is 49.6 Å². The van der Waals surface area contributed by atoms with Gasteiger partial charge in [0.1, 0.15) is 5.82 Å². The molecule has 0 atom stereocenters. The van der Waals surface area contributed by atoms with Gasteiger partial charge in [-0.05, 0) is 49.2 Å². The number of fused-ring (bicyclic) bond motifs is 1. The SMILES string of the molecule is CC1(C(N)=O)CCN(c2nc(C(=O)O)nc3c2nc(-c2ccccc2Cl)n3-c2ccc(Cl)cc2)CC1. The Labute approximate surface area is 216 Å². The number of carboxylic acids is 1. The first-order valence-corrected chi connectivity index (χ1v) is 12.0. The Kier molecular flexibility index (Phi) is 6.05. The second-order valence-corrected chi connectivity index (χ2v) is 9.83. The number of hydrogen-bond acceptors (Lipinski definition) is 6. The molecule has 2 aromatic carbocycles. The highest BCUT2D eigenvalue weighted by Gasteiger charge is 2.37. The topological polar surface area (TPSA) is 127 Å². The molecule has 9 nitrogen and oxygen atoms in total. The first-order chi connectivity index (χ1) is 17.2. The highest BCUT2D eigenvalue weighted by Crippen LogP contribution is 2.38. The van der Waals surface area contributed by atoms with Crippen LogP contribution < -0.4 is 10.6 Å². The van der Waals surface area contributed by atoms with Crippen LogP contribution in [0.25, 0.3) is 28.2 Å². The molecule has 36 heavy (non-hydrogen) atoms. The minimum Gasteiger partial charge on any atom is -0.475 e. The summed E-state index contributed by atoms with van der Waals surface area (Å²) in [4.78, 5) is 39.5. The zero-order valence-electron chi connectivity index (χ0n) is 19.3. The predicted octanol–water partition coefficient (Wildman–Crippen LogP) is 4.58. The van der Waals surface area contributed by atoms with Crippen molar-refractivity contribution in [3.8, 4) is 17.1 Å². The maximum absolute atomic E-state index is 12.0. The third-order valence-electron chi connectivity index (χ3n) is 6.64. The Morgan fingerprint density at radius 1 is 1.00 bits per heavy atom. The first kappa shape index (κ1) is 24.0. The Hall–Kier alpha value is -3.69. The molecule has 3 heterocycles. The Morgan fingerprint density at radius 3 is 2.28 bits per heavy atom. The van der Waals surface area contributed by atoms with E-state index in [1.165, 1.54) is 0 Å². The third-order valence-corrected chi connectivity index (χ3v) is 7.22. The summed E-state index contributed by atoms with van der Waals surface area (Å²) in [6, 6.07) is 14.3. The molecule has 0 radical (unpaired) electrons. The van der Waals surface area contributed by atoms with Crippen molar-refractivity contribution in [1.82, 2.24) is 19.5 Å². The molecule has 1 amide bonds. The Bertz CT molecular complexity index is 1490. The maximum Gasteiger partial charge on any atom is 0.374 e. The van der Waals surface area contributed by atoms with Gasteiger partial charge in [-0.1, -0.05) is 42.3 Å². The van der Waals surface area contributed by atoms with E-state index in [1.807, 2.05) is 30.0 Å². The molecule has 1 aliphatic rings. The molecule has 0 unspecified atom stereocenters. The lowest BCUT2D eigenvalue weighted by molar-refractivity contribution is -0.127. The number of anilines is 1. The number of amides is 1. The molecular weight excluding hydrogens is 503 g/mol. The van der Waals surface area contributed by atoms with Gasteiger partial charge in [0.05, 0.1) is 5.02 Å². The van der Waals surface area contributed by atoms with Crippen LogP contribution in [0.5, 0.6) is 0 Å². The monoisotopic (exact) mass is 524 g/mol. The number of halogens is 2. The van der Waals surface area contributed by atoms with Gasteiger partial charge in [-0.15, -0.1) is 0 Å². The van der Waals surface area contributed by atoms with Crippen LogP contribution in [-0.2, 0) is 4.79 Å². The van der Waals surface area contributed by atoms with Crippen molar-refractivity contribution in [2.24, 2.45) is 11.1 Å². The number of piperidine rings is 1. The van der Waals surface area contributed by atoms with E-state index < -0.39 is 11.4 Å². The van der Waals surface area contributed by atoms with Crippen LogP contribution in [0.4, 0.5) is 5.82 Å². The number of hydrogen-bond donors (Lipinski definition) is 2. The van der Waals surface area contributed by atoms with Crippen molar-refractivity contribution < 1.29 is 14.7 Å². The number of nitrogens with two attached hydrogens (primary N) is 1. The fourth-order valence-electron chi connectivity index (χ4n) is 4.38. The van der Waals surface area contributed by atoms with Crippen LogP contribution in [0.1, 0.15) is 30.4 Å². The van der Waals surface area contributed by atoms with Gasteiger partial charge in [0.2, 0.25) is 11.7 Å². The highest BCUT2D eigenvalue weighted by molar-refractivity contribution is 6.33. The van der Waals surface area contributed by atoms with Gasteiger partial charge >= 0.3 is 5.97 Å². The van der Waals surface area contributed by atoms with Crippen molar-refractivity contribution in [1.29, 1.82) is 0 Å². The number of aromatic carboxylic acids is 1. The minimum atomic E-state index is -1.26. The zero-order valence-corrected chi connectivity index (χ0v) is 20.8. The standard InChI is InChI=1S/C25H22Cl2N6O3/c1-25(24(28)36)10-12-32(13-11-25)21-18-22(31-19(30-21)23(34)35)33(15-8-6-14(26)7-9-15)20(29-18)16-4-2-3-5-17(16)27/h2-9H,10-13H2,1H3,(H2,28,36)(H,34,35). The van der Waals surface area contributed by atoms with Crippen LogP contribution in [0.15, 0.2) is 48.5 Å². The summed E-state index contributed by atoms with van der Waals surface area (Å²) in [5.41, 5.74) is 7.05. The number of carboxylic acid groups (broad SMARTS) is 1. The lowest BCUT2D eigenvalue weighted by Crippen LogP contribution is -2.45. The molecule has 184 valence electrons. The van der Waals surface area contributed by atoms with E-state index in [4.69, 9.17) is 33.9 Å². The van der Waals surface area contributed by atoms with Crippen LogP contribution in [0.2, 0.25) is 10.0 Å². The molecule has 1 fully saturated rings. The third kappa shape index (κ3) is 4.14. The van der Waals surface area contributed by atoms with Crippen LogP contribution in [0.3, 0.4) is 0 Å². The largest absolute Gasteiger partial charge is 0.475 e. The summed E-state index contributed by atoms with van der Waals surface area (Å²) in [6.45, 7) is 2.76. The first-order valence-electron chi connectivity index (χ1n) is 11.3. The van der Waals surface area contributed by atoms with Crippen LogP contribution in [0, 0.1) is 5.41 Å². The summed E-state index contributed by atoms with van der Waals surface area (Å²) in [7, 11) is 0. The number of aromatic nitrogens is 4. The molecule has 1 aliphatic heterocycles. The number of carbonyl (C=O) groups is 2. The smallest absolute Gasteiger partial charge is 0.374 e. The van der Waals surface area contributed by atoms with E-state index in [0.717, 1.165) is 0 Å². The molecule has 5 rings (SSSR count). The summed E-state index contributed by atoms with van der Waals surface area (Å²) >= 11 is 12.7. The van der Waals surface area contributed by atoms with Gasteiger partial charge in [-0.3, -0.25) is 9.36 Å². The molecule has 0 aliphatic carbocycles. The second kappa shape index (κ2) is 9.07. The van der Waals surface area contributed by atoms with E-state index >= 15 is 0 Å². The van der Waals surface area contributed by atoms with Gasteiger partial charge in [0.15, 0.2) is 17.0 Å². The summed E-state index contributed by atoms with van der Waals surface area (Å²) < 4.78 is 1.75. The summed E-state index contributed by atoms with van der Waals surface area (Å²) in [5.74, 6) is -1.11. The van der Waals surface area contributed by atoms with Crippen molar-refractivity contribution in [3.63, 3.8) is 0 Å². The van der Waals surface area contributed by atoms with E-state index in [9.17, 15) is 14.7 Å². The van der Waals surface area contributed by atoms with Crippen molar-refractivity contribution in [3.05, 3.63) is 64.4 Å². The van der Waals surface area contributed by atoms with E-state index in [2.05, 4.69) is 9.97 Å². The number of imidazole rings is 1. The van der Waals surface area contributed by atoms with Gasteiger partial charge in [0.25, 0.3) is 0 Å². The molecule has 0 spiro atoms. The van der Waals surface area contributed by atoms with E-state index in [-0.39, 0.29) is 11.7 Å².